The van der Waals surface area contributed by atoms with Crippen LogP contribution in [0.2, 0.25) is 0 Å². The maximum atomic E-state index is 12.0. The fourth-order valence-electron chi connectivity index (χ4n) is 3.95. The fraction of sp³-hybridized carbons (Fsp3) is 0.963. The molecule has 0 aromatic carbocycles. The van der Waals surface area contributed by atoms with Crippen LogP contribution in [0.5, 0.6) is 0 Å². The third-order valence-electron chi connectivity index (χ3n) is 6.41. The minimum Gasteiger partial charge on any atom is -0.465 e. The monoisotopic (exact) mass is 410 g/mol. The molecule has 2 atom stereocenters. The molecular formula is C27H54O2. The van der Waals surface area contributed by atoms with E-state index in [1.54, 1.807) is 0 Å². The fourth-order valence-corrected chi connectivity index (χ4v) is 3.95. The summed E-state index contributed by atoms with van der Waals surface area (Å²) in [5, 5.41) is 0. The highest BCUT2D eigenvalue weighted by Gasteiger charge is 2.15. The van der Waals surface area contributed by atoms with E-state index in [0.29, 0.717) is 12.5 Å². The number of carbonyl (C=O) groups excluding carboxylic acids is 1. The summed E-state index contributed by atoms with van der Waals surface area (Å²) in [6.07, 6.45) is 25.4. The Hall–Kier alpha value is -0.530. The van der Waals surface area contributed by atoms with Crippen LogP contribution >= 0.6 is 0 Å². The number of unbranched alkanes of at least 4 members (excludes halogenated alkanes) is 14. The van der Waals surface area contributed by atoms with E-state index in [0.717, 1.165) is 6.42 Å². The molecular weight excluding hydrogens is 356 g/mol. The lowest BCUT2D eigenvalue weighted by Crippen LogP contribution is -2.19. The van der Waals surface area contributed by atoms with Crippen LogP contribution in [0, 0.1) is 11.8 Å². The van der Waals surface area contributed by atoms with Gasteiger partial charge in [0.15, 0.2) is 0 Å². The van der Waals surface area contributed by atoms with Crippen LogP contribution in [0.1, 0.15) is 150 Å². The first-order chi connectivity index (χ1) is 14.2. The van der Waals surface area contributed by atoms with Crippen LogP contribution in [0.15, 0.2) is 0 Å². The van der Waals surface area contributed by atoms with Crippen LogP contribution in [0.3, 0.4) is 0 Å². The molecule has 2 heteroatoms. The zero-order valence-corrected chi connectivity index (χ0v) is 20.6. The van der Waals surface area contributed by atoms with Crippen molar-refractivity contribution in [2.75, 3.05) is 6.61 Å². The molecule has 0 spiro atoms. The highest BCUT2D eigenvalue weighted by Crippen LogP contribution is 2.20. The van der Waals surface area contributed by atoms with Gasteiger partial charge in [-0.25, -0.2) is 0 Å². The Labute approximate surface area is 184 Å². The van der Waals surface area contributed by atoms with E-state index in [-0.39, 0.29) is 11.9 Å². The molecule has 0 aromatic rings. The molecule has 0 bridgehead atoms. The number of rotatable bonds is 22. The number of carbonyl (C=O) groups is 1. The van der Waals surface area contributed by atoms with Gasteiger partial charge in [-0.15, -0.1) is 0 Å². The SMILES string of the molecule is CCCCCCCCCCCCCCC(CCCCCC)COC(=O)C(C)CC. The Morgan fingerprint density at radius 1 is 0.621 bits per heavy atom. The number of hydrogen-bond donors (Lipinski definition) is 0. The highest BCUT2D eigenvalue weighted by atomic mass is 16.5. The van der Waals surface area contributed by atoms with Gasteiger partial charge < -0.3 is 4.74 Å². The summed E-state index contributed by atoms with van der Waals surface area (Å²) >= 11 is 0. The Morgan fingerprint density at radius 2 is 1.00 bits per heavy atom. The summed E-state index contributed by atoms with van der Waals surface area (Å²) in [6.45, 7) is 9.23. The second-order valence-electron chi connectivity index (χ2n) is 9.33. The first kappa shape index (κ1) is 28.5. The largest absolute Gasteiger partial charge is 0.465 e. The van der Waals surface area contributed by atoms with E-state index in [4.69, 9.17) is 4.74 Å². The zero-order valence-electron chi connectivity index (χ0n) is 20.6. The Bertz CT molecular complexity index is 339. The molecule has 2 unspecified atom stereocenters. The van der Waals surface area contributed by atoms with Crippen LogP contribution in [0.4, 0.5) is 0 Å². The molecule has 0 aliphatic carbocycles. The summed E-state index contributed by atoms with van der Waals surface area (Å²) in [5.41, 5.74) is 0. The second-order valence-corrected chi connectivity index (χ2v) is 9.33. The summed E-state index contributed by atoms with van der Waals surface area (Å²) in [6, 6.07) is 0. The molecule has 2 nitrogen and oxygen atoms in total. The van der Waals surface area contributed by atoms with Gasteiger partial charge in [0.2, 0.25) is 0 Å². The number of esters is 1. The van der Waals surface area contributed by atoms with Gasteiger partial charge in [0.1, 0.15) is 0 Å². The van der Waals surface area contributed by atoms with Crippen LogP contribution in [0.25, 0.3) is 0 Å². The van der Waals surface area contributed by atoms with E-state index in [1.165, 1.54) is 116 Å². The van der Waals surface area contributed by atoms with Crippen molar-refractivity contribution in [2.45, 2.75) is 150 Å². The second kappa shape index (κ2) is 22.2. The maximum Gasteiger partial charge on any atom is 0.308 e. The summed E-state index contributed by atoms with van der Waals surface area (Å²) in [5.74, 6) is 0.617. The van der Waals surface area contributed by atoms with Gasteiger partial charge in [-0.1, -0.05) is 130 Å². The van der Waals surface area contributed by atoms with Crippen molar-refractivity contribution in [3.05, 3.63) is 0 Å². The lowest BCUT2D eigenvalue weighted by atomic mass is 9.95. The standard InChI is InChI=1S/C27H54O2/c1-5-8-10-12-13-14-15-16-17-18-19-21-23-26(22-20-11-9-6-2)24-29-27(28)25(4)7-3/h25-26H,5-24H2,1-4H3. The van der Waals surface area contributed by atoms with Crippen LogP contribution in [-0.2, 0) is 9.53 Å². The molecule has 0 aliphatic heterocycles. The van der Waals surface area contributed by atoms with Crippen molar-refractivity contribution in [1.82, 2.24) is 0 Å². The lowest BCUT2D eigenvalue weighted by Gasteiger charge is -2.18. The normalized spacial score (nSPS) is 13.4. The third-order valence-corrected chi connectivity index (χ3v) is 6.41. The molecule has 29 heavy (non-hydrogen) atoms. The van der Waals surface area contributed by atoms with Crippen molar-refractivity contribution in [1.29, 1.82) is 0 Å². The highest BCUT2D eigenvalue weighted by molar-refractivity contribution is 5.71. The van der Waals surface area contributed by atoms with Crippen LogP contribution < -0.4 is 0 Å². The van der Waals surface area contributed by atoms with Gasteiger partial charge in [0.05, 0.1) is 12.5 Å². The van der Waals surface area contributed by atoms with Gasteiger partial charge in [0.25, 0.3) is 0 Å². The topological polar surface area (TPSA) is 26.3 Å². The predicted octanol–water partition coefficient (Wildman–Crippen LogP) is 9.25. The van der Waals surface area contributed by atoms with E-state index in [2.05, 4.69) is 20.8 Å². The Kier molecular flexibility index (Phi) is 21.8. The Balaban J connectivity index is 3.79. The summed E-state index contributed by atoms with van der Waals surface area (Å²) in [7, 11) is 0. The predicted molar refractivity (Wildman–Crippen MR) is 128 cm³/mol. The van der Waals surface area contributed by atoms with Crippen molar-refractivity contribution in [3.63, 3.8) is 0 Å². The minimum atomic E-state index is 0.000697. The first-order valence-corrected chi connectivity index (χ1v) is 13.3. The lowest BCUT2D eigenvalue weighted by molar-refractivity contribution is -0.149. The molecule has 0 radical (unpaired) electrons. The van der Waals surface area contributed by atoms with Gasteiger partial charge >= 0.3 is 5.97 Å². The quantitative estimate of drug-likeness (QED) is 0.131. The third kappa shape index (κ3) is 19.2. The average molecular weight is 411 g/mol. The molecule has 0 aromatic heterocycles. The molecule has 0 aliphatic rings. The first-order valence-electron chi connectivity index (χ1n) is 13.3. The Morgan fingerprint density at radius 3 is 1.41 bits per heavy atom. The minimum absolute atomic E-state index is 0.000697. The van der Waals surface area contributed by atoms with E-state index in [1.807, 2.05) is 6.92 Å². The van der Waals surface area contributed by atoms with E-state index >= 15 is 0 Å². The number of hydrogen-bond acceptors (Lipinski definition) is 2. The van der Waals surface area contributed by atoms with Gasteiger partial charge in [-0.05, 0) is 25.2 Å². The molecule has 0 N–H and O–H groups in total. The van der Waals surface area contributed by atoms with Gasteiger partial charge in [-0.3, -0.25) is 4.79 Å². The van der Waals surface area contributed by atoms with E-state index < -0.39 is 0 Å². The van der Waals surface area contributed by atoms with Crippen molar-refractivity contribution < 1.29 is 9.53 Å². The maximum absolute atomic E-state index is 12.0. The van der Waals surface area contributed by atoms with Crippen LogP contribution in [-0.4, -0.2) is 12.6 Å². The molecule has 0 amide bonds. The smallest absolute Gasteiger partial charge is 0.308 e. The van der Waals surface area contributed by atoms with Gasteiger partial charge in [-0.2, -0.15) is 0 Å². The molecule has 174 valence electrons. The molecule has 0 saturated carbocycles. The molecule has 0 rings (SSSR count). The molecule has 0 fully saturated rings. The average Bonchev–Trinajstić information content (AvgIpc) is 2.74. The van der Waals surface area contributed by atoms with E-state index in [9.17, 15) is 4.79 Å². The van der Waals surface area contributed by atoms with Crippen molar-refractivity contribution in [2.24, 2.45) is 11.8 Å². The van der Waals surface area contributed by atoms with Gasteiger partial charge in [0, 0.05) is 0 Å². The van der Waals surface area contributed by atoms with Crippen molar-refractivity contribution >= 4 is 5.97 Å². The summed E-state index contributed by atoms with van der Waals surface area (Å²) in [4.78, 5) is 12.0. The molecule has 0 heterocycles. The number of ether oxygens (including phenoxy) is 1. The zero-order chi connectivity index (χ0) is 21.6. The molecule has 0 saturated heterocycles. The summed E-state index contributed by atoms with van der Waals surface area (Å²) < 4.78 is 5.63. The van der Waals surface area contributed by atoms with Crippen molar-refractivity contribution in [3.8, 4) is 0 Å².